The predicted octanol–water partition coefficient (Wildman–Crippen LogP) is 13.7. The number of carbonyl (C=O) groups excluding carboxylic acids is 2. The zero-order valence-electron chi connectivity index (χ0n) is 37.5. The van der Waals surface area contributed by atoms with Crippen LogP contribution in [0.3, 0.4) is 0 Å². The second-order valence-corrected chi connectivity index (χ2v) is 17.8. The Morgan fingerprint density at radius 1 is 0.576 bits per heavy atom. The fourth-order valence-corrected chi connectivity index (χ4v) is 7.16. The Morgan fingerprint density at radius 2 is 1.02 bits per heavy atom. The Morgan fingerprint density at radius 3 is 1.49 bits per heavy atom. The van der Waals surface area contributed by atoms with Crippen molar-refractivity contribution < 1.29 is 42.7 Å². The van der Waals surface area contributed by atoms with Crippen LogP contribution in [-0.4, -0.2) is 53.3 Å². The molecular formula is C49H85O9P. The zero-order valence-corrected chi connectivity index (χ0v) is 38.4. The van der Waals surface area contributed by atoms with E-state index in [2.05, 4.69) is 73.9 Å². The highest BCUT2D eigenvalue weighted by molar-refractivity contribution is 7.46. The summed E-state index contributed by atoms with van der Waals surface area (Å²) in [5, 5.41) is 0. The molecule has 0 amide bonds. The summed E-state index contributed by atoms with van der Waals surface area (Å²) in [6.07, 6.45) is 51.5. The lowest BCUT2D eigenvalue weighted by Crippen LogP contribution is -2.29. The molecule has 10 heteroatoms. The van der Waals surface area contributed by atoms with Crippen molar-refractivity contribution in [2.75, 3.05) is 13.2 Å². The molecule has 2 N–H and O–H groups in total. The molecule has 0 aliphatic carbocycles. The zero-order chi connectivity index (χ0) is 43.1. The maximum absolute atomic E-state index is 12.4. The van der Waals surface area contributed by atoms with Crippen LogP contribution in [0.2, 0.25) is 0 Å². The van der Waals surface area contributed by atoms with Gasteiger partial charge in [0.25, 0.3) is 0 Å². The fourth-order valence-electron chi connectivity index (χ4n) is 6.80. The van der Waals surface area contributed by atoms with E-state index in [0.717, 1.165) is 57.3 Å². The molecule has 0 aromatic carbocycles. The van der Waals surface area contributed by atoms with E-state index in [0.29, 0.717) is 25.0 Å². The Kier molecular flexibility index (Phi) is 35.8. The summed E-state index contributed by atoms with van der Waals surface area (Å²) in [6, 6.07) is 0. The normalized spacial score (nSPS) is 16.5. The van der Waals surface area contributed by atoms with Crippen molar-refractivity contribution in [3.05, 3.63) is 60.8 Å². The summed E-state index contributed by atoms with van der Waals surface area (Å²) in [4.78, 5) is 43.0. The first-order chi connectivity index (χ1) is 28.6. The van der Waals surface area contributed by atoms with E-state index in [1.807, 2.05) is 12.2 Å². The number of esters is 2. The third-order valence-electron chi connectivity index (χ3n) is 10.4. The Bertz CT molecular complexity index is 1220. The summed E-state index contributed by atoms with van der Waals surface area (Å²) in [5.41, 5.74) is 0. The molecule has 0 bridgehead atoms. The number of allylic oxidation sites excluding steroid dienone is 8. The predicted molar refractivity (Wildman–Crippen MR) is 243 cm³/mol. The molecule has 1 rings (SSSR count). The van der Waals surface area contributed by atoms with Gasteiger partial charge in [-0.05, 0) is 57.3 Å². The number of carbonyl (C=O) groups is 2. The molecule has 9 nitrogen and oxygen atoms in total. The van der Waals surface area contributed by atoms with E-state index in [1.54, 1.807) is 0 Å². The molecule has 0 radical (unpaired) electrons. The van der Waals surface area contributed by atoms with Crippen LogP contribution in [0.4, 0.5) is 0 Å². The molecular weight excluding hydrogens is 764 g/mol. The van der Waals surface area contributed by atoms with Crippen molar-refractivity contribution in [2.24, 2.45) is 5.92 Å². The third-order valence-corrected chi connectivity index (χ3v) is 10.9. The van der Waals surface area contributed by atoms with E-state index in [9.17, 15) is 14.2 Å². The van der Waals surface area contributed by atoms with Crippen molar-refractivity contribution in [1.82, 2.24) is 0 Å². The van der Waals surface area contributed by atoms with Crippen LogP contribution in [0.1, 0.15) is 201 Å². The number of phosphoric acid groups is 1. The minimum Gasteiger partial charge on any atom is -0.462 e. The Balaban J connectivity index is 2.05. The van der Waals surface area contributed by atoms with Crippen LogP contribution in [0.25, 0.3) is 0 Å². The highest BCUT2D eigenvalue weighted by Crippen LogP contribution is 2.36. The molecule has 0 aromatic heterocycles. The van der Waals surface area contributed by atoms with E-state index < -0.39 is 32.5 Å². The number of hydrogen-bond acceptors (Lipinski definition) is 7. The molecule has 1 aliphatic rings. The van der Waals surface area contributed by atoms with E-state index in [1.165, 1.54) is 103 Å². The molecule has 0 spiro atoms. The lowest BCUT2D eigenvalue weighted by Gasteiger charge is -2.18. The number of hydrogen-bond donors (Lipinski definition) is 2. The molecule has 2 unspecified atom stereocenters. The maximum Gasteiger partial charge on any atom is 0.469 e. The number of unbranched alkanes of at least 4 members (excludes halogenated alkanes) is 17. The number of ether oxygens (including phenoxy) is 3. The van der Waals surface area contributed by atoms with Crippen LogP contribution < -0.4 is 0 Å². The molecule has 340 valence electrons. The van der Waals surface area contributed by atoms with Gasteiger partial charge in [0.05, 0.1) is 18.8 Å². The minimum absolute atomic E-state index is 0.0826. The molecule has 0 aromatic rings. The lowest BCUT2D eigenvalue weighted by molar-refractivity contribution is -0.161. The Hall–Kier alpha value is -2.29. The van der Waals surface area contributed by atoms with Gasteiger partial charge in [-0.1, -0.05) is 197 Å². The minimum atomic E-state index is -4.78. The fraction of sp³-hybridized carbons (Fsp3) is 0.755. The van der Waals surface area contributed by atoms with Gasteiger partial charge >= 0.3 is 19.8 Å². The van der Waals surface area contributed by atoms with Crippen LogP contribution in [0.15, 0.2) is 60.8 Å². The van der Waals surface area contributed by atoms with Crippen molar-refractivity contribution in [1.29, 1.82) is 0 Å². The van der Waals surface area contributed by atoms with Crippen molar-refractivity contribution in [2.45, 2.75) is 219 Å². The summed E-state index contributed by atoms with van der Waals surface area (Å²) >= 11 is 0. The highest BCUT2D eigenvalue weighted by Gasteiger charge is 2.36. The first-order valence-corrected chi connectivity index (χ1v) is 25.1. The second-order valence-electron chi connectivity index (χ2n) is 16.6. The Labute approximate surface area is 360 Å². The van der Waals surface area contributed by atoms with Crippen molar-refractivity contribution in [3.8, 4) is 0 Å². The van der Waals surface area contributed by atoms with E-state index >= 15 is 0 Å². The summed E-state index contributed by atoms with van der Waals surface area (Å²) < 4.78 is 32.1. The molecule has 0 saturated carbocycles. The van der Waals surface area contributed by atoms with Crippen LogP contribution in [0, 0.1) is 5.92 Å². The number of rotatable bonds is 41. The van der Waals surface area contributed by atoms with Gasteiger partial charge < -0.3 is 24.0 Å². The van der Waals surface area contributed by atoms with E-state index in [4.69, 9.17) is 24.0 Å². The smallest absolute Gasteiger partial charge is 0.462 e. The number of epoxide rings is 1. The van der Waals surface area contributed by atoms with Gasteiger partial charge in [0.15, 0.2) is 6.10 Å². The van der Waals surface area contributed by atoms with Crippen LogP contribution >= 0.6 is 7.82 Å². The van der Waals surface area contributed by atoms with Crippen molar-refractivity contribution >= 4 is 19.8 Å². The molecule has 1 fully saturated rings. The van der Waals surface area contributed by atoms with Gasteiger partial charge in [0.1, 0.15) is 6.61 Å². The monoisotopic (exact) mass is 849 g/mol. The van der Waals surface area contributed by atoms with Crippen LogP contribution in [-0.2, 0) is 32.9 Å². The van der Waals surface area contributed by atoms with E-state index in [-0.39, 0.29) is 19.4 Å². The summed E-state index contributed by atoms with van der Waals surface area (Å²) in [7, 11) is -4.78. The second kappa shape index (κ2) is 38.6. The average molecular weight is 849 g/mol. The third kappa shape index (κ3) is 39.6. The SMILES string of the molecule is CC/C=C\CC1OC1C/C=C\C/C=C\C/C=C\C/C=C\CCC(=O)O[C@H](COC(=O)CCCCCCCCCCCCCCCCCCCCC(C)C)COP(=O)(O)O. The number of phosphoric ester groups is 1. The first-order valence-electron chi connectivity index (χ1n) is 23.6. The lowest BCUT2D eigenvalue weighted by atomic mass is 10.0. The summed E-state index contributed by atoms with van der Waals surface area (Å²) in [6.45, 7) is 5.88. The molecule has 1 saturated heterocycles. The molecule has 3 atom stereocenters. The standard InChI is InChI=1S/C49H85O9P/c1-4-5-32-38-46-47(58-46)39-34-29-25-21-17-14-15-19-23-27-31-36-41-49(51)57-45(43-56-59(52,53)54)42-55-48(50)40-35-30-26-22-18-13-11-9-7-6-8-10-12-16-20-24-28-33-37-44(2)3/h5,15,17,19,21,27,29,31-32,34,44-47H,4,6-14,16,18,20,22-26,28,30,33,35-43H2,1-3H3,(H2,52,53,54)/b19-15-,21-17-,31-27-,32-5-,34-29-/t45-,46?,47?/m1/s1. The molecule has 1 aliphatic heterocycles. The van der Waals surface area contributed by atoms with Gasteiger partial charge in [0.2, 0.25) is 0 Å². The van der Waals surface area contributed by atoms with Gasteiger partial charge in [-0.3, -0.25) is 14.1 Å². The maximum atomic E-state index is 12.4. The van der Waals surface area contributed by atoms with Gasteiger partial charge in [-0.25, -0.2) is 4.57 Å². The molecule has 59 heavy (non-hydrogen) atoms. The first kappa shape index (κ1) is 54.7. The summed E-state index contributed by atoms with van der Waals surface area (Å²) in [5.74, 6) is -0.137. The van der Waals surface area contributed by atoms with Gasteiger partial charge in [0, 0.05) is 12.8 Å². The quantitative estimate of drug-likeness (QED) is 0.0203. The van der Waals surface area contributed by atoms with Crippen molar-refractivity contribution in [3.63, 3.8) is 0 Å². The molecule has 1 heterocycles. The largest absolute Gasteiger partial charge is 0.469 e. The average Bonchev–Trinajstić information content (AvgIpc) is 3.95. The highest BCUT2D eigenvalue weighted by atomic mass is 31.2. The van der Waals surface area contributed by atoms with Gasteiger partial charge in [-0.2, -0.15) is 0 Å². The topological polar surface area (TPSA) is 132 Å². The van der Waals surface area contributed by atoms with Crippen LogP contribution in [0.5, 0.6) is 0 Å². The van der Waals surface area contributed by atoms with Gasteiger partial charge in [-0.15, -0.1) is 0 Å².